The van der Waals surface area contributed by atoms with Crippen LogP contribution in [0.4, 0.5) is 0 Å². The third-order valence-electron chi connectivity index (χ3n) is 3.34. The fraction of sp³-hybridized carbons (Fsp3) is 0.471. The summed E-state index contributed by atoms with van der Waals surface area (Å²) in [6, 6.07) is 7.34. The number of rotatable bonds is 6. The molecule has 0 saturated heterocycles. The molecule has 3 N–H and O–H groups in total. The summed E-state index contributed by atoms with van der Waals surface area (Å²) in [5, 5.41) is 2.63. The van der Waals surface area contributed by atoms with Crippen LogP contribution in [0.25, 0.3) is 0 Å². The minimum Gasteiger partial charge on any atom is -0.453 e. The van der Waals surface area contributed by atoms with Gasteiger partial charge in [-0.2, -0.15) is 0 Å². The van der Waals surface area contributed by atoms with E-state index in [1.807, 2.05) is 12.1 Å². The van der Waals surface area contributed by atoms with Gasteiger partial charge in [0.1, 0.15) is 0 Å². The summed E-state index contributed by atoms with van der Waals surface area (Å²) in [5.41, 5.74) is 6.68. The van der Waals surface area contributed by atoms with Crippen LogP contribution >= 0.6 is 0 Å². The Bertz CT molecular complexity index is 573. The van der Waals surface area contributed by atoms with Gasteiger partial charge < -0.3 is 15.8 Å². The van der Waals surface area contributed by atoms with Crippen molar-refractivity contribution in [2.75, 3.05) is 6.54 Å². The summed E-state index contributed by atoms with van der Waals surface area (Å²) in [7, 11) is 0. The van der Waals surface area contributed by atoms with Gasteiger partial charge in [-0.15, -0.1) is 0 Å². The molecule has 0 aliphatic heterocycles. The summed E-state index contributed by atoms with van der Waals surface area (Å²) in [6.07, 6.45) is -0.994. The second-order valence-electron chi connectivity index (χ2n) is 6.37. The first-order valence-electron chi connectivity index (χ1n) is 7.49. The van der Waals surface area contributed by atoms with E-state index >= 15 is 0 Å². The Balaban J connectivity index is 2.45. The van der Waals surface area contributed by atoms with Crippen LogP contribution in [0.5, 0.6) is 0 Å². The van der Waals surface area contributed by atoms with E-state index in [0.29, 0.717) is 5.56 Å². The fourth-order valence-corrected chi connectivity index (χ4v) is 1.82. The Morgan fingerprint density at radius 1 is 1.17 bits per heavy atom. The number of amides is 2. The van der Waals surface area contributed by atoms with Crippen LogP contribution in [0.3, 0.4) is 0 Å². The molecule has 2 amide bonds. The zero-order chi connectivity index (χ0) is 17.6. The van der Waals surface area contributed by atoms with Crippen LogP contribution in [0.2, 0.25) is 0 Å². The zero-order valence-corrected chi connectivity index (χ0v) is 14.0. The molecule has 0 aromatic heterocycles. The number of hydrogen-bond donors (Lipinski definition) is 2. The molecule has 0 heterocycles. The molecule has 0 saturated carbocycles. The summed E-state index contributed by atoms with van der Waals surface area (Å²) in [6.45, 7) is 7.82. The van der Waals surface area contributed by atoms with Crippen LogP contribution in [-0.2, 0) is 19.7 Å². The number of ether oxygens (including phenoxy) is 1. The van der Waals surface area contributed by atoms with Gasteiger partial charge in [-0.25, -0.2) is 0 Å². The Morgan fingerprint density at radius 2 is 1.74 bits per heavy atom. The molecular weight excluding hydrogens is 296 g/mol. The molecule has 0 unspecified atom stereocenters. The molecule has 6 heteroatoms. The zero-order valence-electron chi connectivity index (χ0n) is 14.0. The summed E-state index contributed by atoms with van der Waals surface area (Å²) >= 11 is 0. The van der Waals surface area contributed by atoms with E-state index in [1.165, 1.54) is 6.92 Å². The molecule has 0 fully saturated rings. The highest BCUT2D eigenvalue weighted by Crippen LogP contribution is 2.22. The number of benzene rings is 1. The molecule has 1 aromatic rings. The monoisotopic (exact) mass is 320 g/mol. The first-order chi connectivity index (χ1) is 10.6. The maximum Gasteiger partial charge on any atom is 0.308 e. The second-order valence-corrected chi connectivity index (χ2v) is 6.37. The van der Waals surface area contributed by atoms with Crippen molar-refractivity contribution in [3.8, 4) is 0 Å². The minimum atomic E-state index is -0.969. The molecule has 126 valence electrons. The second kappa shape index (κ2) is 7.76. The standard InChI is InChI=1S/C17H24N2O4/c1-11(15(18)21)23-14(20)9-10-19-16(22)12-5-7-13(8-6-12)17(2,3)4/h5-8,11H,9-10H2,1-4H3,(H2,18,21)(H,19,22)/t11-/m0/s1. The van der Waals surface area contributed by atoms with Gasteiger partial charge >= 0.3 is 5.97 Å². The lowest BCUT2D eigenvalue weighted by Gasteiger charge is -2.19. The molecule has 1 atom stereocenters. The molecule has 0 bridgehead atoms. The molecule has 23 heavy (non-hydrogen) atoms. The quantitative estimate of drug-likeness (QED) is 0.776. The molecule has 1 aromatic carbocycles. The van der Waals surface area contributed by atoms with E-state index in [1.54, 1.807) is 12.1 Å². The van der Waals surface area contributed by atoms with Gasteiger partial charge in [0.05, 0.1) is 6.42 Å². The Labute approximate surface area is 136 Å². The average Bonchev–Trinajstić information content (AvgIpc) is 2.46. The molecule has 0 spiro atoms. The third kappa shape index (κ3) is 6.10. The topological polar surface area (TPSA) is 98.5 Å². The van der Waals surface area contributed by atoms with E-state index < -0.39 is 18.0 Å². The van der Waals surface area contributed by atoms with Crippen molar-refractivity contribution in [2.45, 2.75) is 45.6 Å². The first kappa shape index (κ1) is 18.7. The van der Waals surface area contributed by atoms with Gasteiger partial charge in [0.25, 0.3) is 11.8 Å². The van der Waals surface area contributed by atoms with Gasteiger partial charge in [-0.05, 0) is 30.0 Å². The molecule has 1 rings (SSSR count). The number of primary amides is 1. The lowest BCUT2D eigenvalue weighted by Crippen LogP contribution is -2.32. The van der Waals surface area contributed by atoms with Gasteiger partial charge in [0.15, 0.2) is 6.10 Å². The van der Waals surface area contributed by atoms with Crippen molar-refractivity contribution in [1.82, 2.24) is 5.32 Å². The lowest BCUT2D eigenvalue weighted by atomic mass is 9.87. The number of hydrogen-bond acceptors (Lipinski definition) is 4. The molecular formula is C17H24N2O4. The van der Waals surface area contributed by atoms with Gasteiger partial charge in [0, 0.05) is 12.1 Å². The van der Waals surface area contributed by atoms with E-state index in [2.05, 4.69) is 26.1 Å². The Hall–Kier alpha value is -2.37. The van der Waals surface area contributed by atoms with Crippen LogP contribution < -0.4 is 11.1 Å². The lowest BCUT2D eigenvalue weighted by molar-refractivity contribution is -0.153. The van der Waals surface area contributed by atoms with E-state index in [-0.39, 0.29) is 24.3 Å². The number of carbonyl (C=O) groups is 3. The largest absolute Gasteiger partial charge is 0.453 e. The van der Waals surface area contributed by atoms with E-state index in [4.69, 9.17) is 10.5 Å². The predicted octanol–water partition coefficient (Wildman–Crippen LogP) is 1.52. The van der Waals surface area contributed by atoms with Crippen molar-refractivity contribution in [3.63, 3.8) is 0 Å². The van der Waals surface area contributed by atoms with Crippen molar-refractivity contribution < 1.29 is 19.1 Å². The van der Waals surface area contributed by atoms with E-state index in [0.717, 1.165) is 5.56 Å². The number of carbonyl (C=O) groups excluding carboxylic acids is 3. The maximum atomic E-state index is 12.0. The van der Waals surface area contributed by atoms with Gasteiger partial charge in [0.2, 0.25) is 0 Å². The highest BCUT2D eigenvalue weighted by molar-refractivity contribution is 5.94. The Kier molecular flexibility index (Phi) is 6.30. The van der Waals surface area contributed by atoms with Crippen LogP contribution in [0.15, 0.2) is 24.3 Å². The van der Waals surface area contributed by atoms with E-state index in [9.17, 15) is 14.4 Å². The molecule has 0 aliphatic carbocycles. The smallest absolute Gasteiger partial charge is 0.308 e. The summed E-state index contributed by atoms with van der Waals surface area (Å²) in [5.74, 6) is -1.55. The third-order valence-corrected chi connectivity index (χ3v) is 3.34. The predicted molar refractivity (Wildman–Crippen MR) is 86.8 cm³/mol. The van der Waals surface area contributed by atoms with Gasteiger partial charge in [-0.3, -0.25) is 14.4 Å². The minimum absolute atomic E-state index is 0.0237. The van der Waals surface area contributed by atoms with Crippen molar-refractivity contribution in [2.24, 2.45) is 5.73 Å². The Morgan fingerprint density at radius 3 is 2.22 bits per heavy atom. The fourth-order valence-electron chi connectivity index (χ4n) is 1.82. The van der Waals surface area contributed by atoms with Crippen molar-refractivity contribution in [3.05, 3.63) is 35.4 Å². The number of nitrogens with two attached hydrogens (primary N) is 1. The number of nitrogens with one attached hydrogen (secondary N) is 1. The summed E-state index contributed by atoms with van der Waals surface area (Å²) < 4.78 is 4.79. The van der Waals surface area contributed by atoms with Crippen LogP contribution in [0.1, 0.15) is 50.0 Å². The van der Waals surface area contributed by atoms with Crippen molar-refractivity contribution >= 4 is 17.8 Å². The van der Waals surface area contributed by atoms with Crippen LogP contribution in [-0.4, -0.2) is 30.4 Å². The van der Waals surface area contributed by atoms with Crippen LogP contribution in [0, 0.1) is 0 Å². The van der Waals surface area contributed by atoms with Crippen molar-refractivity contribution in [1.29, 1.82) is 0 Å². The highest BCUT2D eigenvalue weighted by atomic mass is 16.5. The molecule has 0 aliphatic rings. The summed E-state index contributed by atoms with van der Waals surface area (Å²) in [4.78, 5) is 34.2. The molecule has 6 nitrogen and oxygen atoms in total. The van der Waals surface area contributed by atoms with Gasteiger partial charge in [-0.1, -0.05) is 32.9 Å². The highest BCUT2D eigenvalue weighted by Gasteiger charge is 2.16. The maximum absolute atomic E-state index is 12.0. The average molecular weight is 320 g/mol. The first-order valence-corrected chi connectivity index (χ1v) is 7.49. The SMILES string of the molecule is C[C@H](OC(=O)CCNC(=O)c1ccc(C(C)(C)C)cc1)C(N)=O. The molecule has 0 radical (unpaired) electrons. The number of esters is 1. The normalized spacial score (nSPS) is 12.3.